The number of anilines is 1. The number of ether oxygens (including phenoxy) is 3. The van der Waals surface area contributed by atoms with E-state index in [-0.39, 0.29) is 13.0 Å². The van der Waals surface area contributed by atoms with Gasteiger partial charge in [-0.05, 0) is 42.6 Å². The molecule has 1 aromatic heterocycles. The molecular formula is C18H18N2O5S. The van der Waals surface area contributed by atoms with Crippen molar-refractivity contribution < 1.29 is 23.8 Å². The molecule has 0 unspecified atom stereocenters. The second-order valence-electron chi connectivity index (χ2n) is 4.99. The third-order valence-electron chi connectivity index (χ3n) is 3.11. The summed E-state index contributed by atoms with van der Waals surface area (Å²) in [6.07, 6.45) is 0.0168. The molecule has 0 bridgehead atoms. The molecule has 0 aliphatic carbocycles. The Morgan fingerprint density at radius 1 is 1.15 bits per heavy atom. The summed E-state index contributed by atoms with van der Waals surface area (Å²) in [6, 6.07) is 10.6. The summed E-state index contributed by atoms with van der Waals surface area (Å²) in [7, 11) is 0. The lowest BCUT2D eigenvalue weighted by molar-refractivity contribution is -0.147. The van der Waals surface area contributed by atoms with Crippen LogP contribution in [0.1, 0.15) is 18.9 Å². The Bertz CT molecular complexity index is 780. The van der Waals surface area contributed by atoms with Crippen LogP contribution in [0.3, 0.4) is 0 Å². The second kappa shape index (κ2) is 10.1. The largest absolute Gasteiger partial charge is 0.494 e. The van der Waals surface area contributed by atoms with Crippen molar-refractivity contribution in [1.29, 1.82) is 5.26 Å². The van der Waals surface area contributed by atoms with Crippen LogP contribution < -0.4 is 14.8 Å². The minimum Gasteiger partial charge on any atom is -0.494 e. The molecule has 0 fully saturated rings. The van der Waals surface area contributed by atoms with E-state index in [9.17, 15) is 9.59 Å². The van der Waals surface area contributed by atoms with Crippen LogP contribution in [0, 0.1) is 11.3 Å². The van der Waals surface area contributed by atoms with Crippen molar-refractivity contribution in [2.75, 3.05) is 25.1 Å². The van der Waals surface area contributed by atoms with Crippen LogP contribution in [0.15, 0.2) is 35.7 Å². The molecule has 2 aromatic rings. The van der Waals surface area contributed by atoms with Gasteiger partial charge >= 0.3 is 5.97 Å². The van der Waals surface area contributed by atoms with Gasteiger partial charge in [-0.2, -0.15) is 5.26 Å². The van der Waals surface area contributed by atoms with Crippen molar-refractivity contribution in [3.8, 4) is 17.6 Å². The molecule has 1 N–H and O–H groups in total. The number of hydrogen-bond acceptors (Lipinski definition) is 7. The van der Waals surface area contributed by atoms with Gasteiger partial charge in [0.2, 0.25) is 0 Å². The van der Waals surface area contributed by atoms with Crippen LogP contribution >= 0.6 is 11.3 Å². The average Bonchev–Trinajstić information content (AvgIpc) is 3.09. The lowest BCUT2D eigenvalue weighted by Gasteiger charge is -2.08. The SMILES string of the molecule is CCOc1ccc(OCCC(=O)OCC(=O)Nc2sccc2C#N)cc1. The minimum absolute atomic E-state index is 0.0168. The fourth-order valence-corrected chi connectivity index (χ4v) is 2.68. The van der Waals surface area contributed by atoms with Crippen molar-refractivity contribution in [3.05, 3.63) is 41.3 Å². The highest BCUT2D eigenvalue weighted by Crippen LogP contribution is 2.22. The summed E-state index contributed by atoms with van der Waals surface area (Å²) in [4.78, 5) is 23.4. The number of amides is 1. The molecular weight excluding hydrogens is 356 g/mol. The molecule has 0 aliphatic heterocycles. The Morgan fingerprint density at radius 2 is 1.85 bits per heavy atom. The van der Waals surface area contributed by atoms with Gasteiger partial charge in [0.15, 0.2) is 6.61 Å². The van der Waals surface area contributed by atoms with Crippen LogP contribution in [-0.2, 0) is 14.3 Å². The zero-order chi connectivity index (χ0) is 18.8. The molecule has 0 spiro atoms. The summed E-state index contributed by atoms with van der Waals surface area (Å²) >= 11 is 1.23. The van der Waals surface area contributed by atoms with Crippen LogP contribution in [0.5, 0.6) is 11.5 Å². The first-order chi connectivity index (χ1) is 12.6. The van der Waals surface area contributed by atoms with E-state index in [1.807, 2.05) is 13.0 Å². The Hall–Kier alpha value is -3.05. The Labute approximate surface area is 155 Å². The van der Waals surface area contributed by atoms with E-state index in [2.05, 4.69) is 5.32 Å². The van der Waals surface area contributed by atoms with Crippen LogP contribution in [-0.4, -0.2) is 31.7 Å². The highest BCUT2D eigenvalue weighted by atomic mass is 32.1. The summed E-state index contributed by atoms with van der Waals surface area (Å²) in [5.74, 6) is 0.318. The minimum atomic E-state index is -0.544. The molecule has 1 heterocycles. The van der Waals surface area contributed by atoms with E-state index < -0.39 is 18.5 Å². The highest BCUT2D eigenvalue weighted by molar-refractivity contribution is 7.14. The quantitative estimate of drug-likeness (QED) is 0.678. The Morgan fingerprint density at radius 3 is 2.50 bits per heavy atom. The maximum atomic E-state index is 11.7. The summed E-state index contributed by atoms with van der Waals surface area (Å²) in [5, 5.41) is 13.5. The number of thiophene rings is 1. The van der Waals surface area contributed by atoms with Gasteiger partial charge < -0.3 is 19.5 Å². The maximum absolute atomic E-state index is 11.7. The third kappa shape index (κ3) is 6.11. The molecule has 26 heavy (non-hydrogen) atoms. The first kappa shape index (κ1) is 19.3. The highest BCUT2D eigenvalue weighted by Gasteiger charge is 2.11. The molecule has 0 saturated heterocycles. The fourth-order valence-electron chi connectivity index (χ4n) is 1.93. The van der Waals surface area contributed by atoms with E-state index in [0.29, 0.717) is 22.9 Å². The first-order valence-corrected chi connectivity index (χ1v) is 8.79. The second-order valence-corrected chi connectivity index (χ2v) is 5.90. The molecule has 2 rings (SSSR count). The Balaban J connectivity index is 1.65. The number of carbonyl (C=O) groups is 2. The lowest BCUT2D eigenvalue weighted by Crippen LogP contribution is -2.21. The van der Waals surface area contributed by atoms with Crippen LogP contribution in [0.4, 0.5) is 5.00 Å². The van der Waals surface area contributed by atoms with Crippen LogP contribution in [0.2, 0.25) is 0 Å². The standard InChI is InChI=1S/C18H18N2O5S/c1-2-23-14-3-5-15(6-4-14)24-9-7-17(22)25-12-16(21)20-18-13(11-19)8-10-26-18/h3-6,8,10H,2,7,9,12H2,1H3,(H,20,21). The first-order valence-electron chi connectivity index (χ1n) is 7.91. The number of nitrogens with zero attached hydrogens (tertiary/aromatic N) is 1. The van der Waals surface area contributed by atoms with Gasteiger partial charge in [-0.1, -0.05) is 0 Å². The number of hydrogen-bond donors (Lipinski definition) is 1. The molecule has 7 nitrogen and oxygen atoms in total. The van der Waals surface area contributed by atoms with Gasteiger partial charge in [0.25, 0.3) is 5.91 Å². The number of nitriles is 1. The lowest BCUT2D eigenvalue weighted by atomic mass is 10.3. The monoisotopic (exact) mass is 374 g/mol. The number of carbonyl (C=O) groups excluding carboxylic acids is 2. The van der Waals surface area contributed by atoms with E-state index in [0.717, 1.165) is 5.75 Å². The van der Waals surface area contributed by atoms with Gasteiger partial charge in [0.1, 0.15) is 22.6 Å². The molecule has 1 amide bonds. The normalized spacial score (nSPS) is 9.85. The molecule has 0 atom stereocenters. The molecule has 0 radical (unpaired) electrons. The van der Waals surface area contributed by atoms with Crippen molar-refractivity contribution in [1.82, 2.24) is 0 Å². The number of esters is 1. The van der Waals surface area contributed by atoms with Crippen molar-refractivity contribution in [2.45, 2.75) is 13.3 Å². The Kier molecular flexibility index (Phi) is 7.46. The summed E-state index contributed by atoms with van der Waals surface area (Å²) in [5.41, 5.74) is 0.374. The molecule has 1 aromatic carbocycles. The predicted octanol–water partition coefficient (Wildman–Crippen LogP) is 2.97. The van der Waals surface area contributed by atoms with Gasteiger partial charge in [-0.25, -0.2) is 0 Å². The third-order valence-corrected chi connectivity index (χ3v) is 3.94. The molecule has 8 heteroatoms. The van der Waals surface area contributed by atoms with Gasteiger partial charge in [0, 0.05) is 0 Å². The molecule has 0 saturated carbocycles. The van der Waals surface area contributed by atoms with E-state index in [4.69, 9.17) is 19.5 Å². The number of nitrogens with one attached hydrogen (secondary N) is 1. The summed E-state index contributed by atoms with van der Waals surface area (Å²) in [6.45, 7) is 2.21. The average molecular weight is 374 g/mol. The van der Waals surface area contributed by atoms with E-state index in [1.165, 1.54) is 11.3 Å². The van der Waals surface area contributed by atoms with E-state index >= 15 is 0 Å². The van der Waals surface area contributed by atoms with Crippen molar-refractivity contribution >= 4 is 28.2 Å². The number of rotatable bonds is 9. The zero-order valence-corrected chi connectivity index (χ0v) is 15.0. The van der Waals surface area contributed by atoms with Crippen molar-refractivity contribution in [2.24, 2.45) is 0 Å². The van der Waals surface area contributed by atoms with Gasteiger partial charge in [-0.3, -0.25) is 9.59 Å². The topological polar surface area (TPSA) is 97.7 Å². The fraction of sp³-hybridized carbons (Fsp3) is 0.278. The van der Waals surface area contributed by atoms with Gasteiger partial charge in [-0.15, -0.1) is 11.3 Å². The van der Waals surface area contributed by atoms with Gasteiger partial charge in [0.05, 0.1) is 25.2 Å². The smallest absolute Gasteiger partial charge is 0.309 e. The molecule has 0 aliphatic rings. The summed E-state index contributed by atoms with van der Waals surface area (Å²) < 4.78 is 15.7. The maximum Gasteiger partial charge on any atom is 0.309 e. The predicted molar refractivity (Wildman–Crippen MR) is 96.3 cm³/mol. The van der Waals surface area contributed by atoms with E-state index in [1.54, 1.807) is 35.7 Å². The zero-order valence-electron chi connectivity index (χ0n) is 14.2. The van der Waals surface area contributed by atoms with Crippen LogP contribution in [0.25, 0.3) is 0 Å². The van der Waals surface area contributed by atoms with Crippen molar-refractivity contribution in [3.63, 3.8) is 0 Å². The molecule has 136 valence electrons. The number of benzene rings is 1.